The Labute approximate surface area is 95.3 Å². The Kier molecular flexibility index (Phi) is 3.44. The zero-order valence-electron chi connectivity index (χ0n) is 9.42. The van der Waals surface area contributed by atoms with Gasteiger partial charge in [0.25, 0.3) is 0 Å². The summed E-state index contributed by atoms with van der Waals surface area (Å²) >= 11 is 1.94. The summed E-state index contributed by atoms with van der Waals surface area (Å²) < 4.78 is 0. The van der Waals surface area contributed by atoms with E-state index in [1.807, 2.05) is 18.3 Å². The van der Waals surface area contributed by atoms with Crippen molar-refractivity contribution in [3.63, 3.8) is 0 Å². The predicted octanol–water partition coefficient (Wildman–Crippen LogP) is 2.27. The van der Waals surface area contributed by atoms with Crippen molar-refractivity contribution >= 4 is 11.3 Å². The van der Waals surface area contributed by atoms with E-state index in [9.17, 15) is 5.11 Å². The maximum atomic E-state index is 9.21. The number of nitrogens with one attached hydrogen (secondary N) is 1. The number of hydrogen-bond acceptors (Lipinski definition) is 3. The Hall–Kier alpha value is -0.380. The highest BCUT2D eigenvalue weighted by atomic mass is 32.1. The molecule has 1 aromatic rings. The molecule has 0 amide bonds. The van der Waals surface area contributed by atoms with Crippen LogP contribution in [0.5, 0.6) is 0 Å². The normalized spacial score (nSPS) is 18.9. The molecule has 2 N–H and O–H groups in total. The first-order valence-corrected chi connectivity index (χ1v) is 6.51. The maximum absolute atomic E-state index is 9.21. The van der Waals surface area contributed by atoms with Crippen molar-refractivity contribution in [2.75, 3.05) is 6.54 Å². The van der Waals surface area contributed by atoms with Crippen LogP contribution in [0.4, 0.5) is 0 Å². The second kappa shape index (κ2) is 4.64. The number of aliphatic hydroxyl groups excluding tert-OH is 1. The van der Waals surface area contributed by atoms with Crippen LogP contribution in [0, 0.1) is 0 Å². The van der Waals surface area contributed by atoms with Gasteiger partial charge in [-0.25, -0.2) is 0 Å². The number of hydrogen-bond donors (Lipinski definition) is 2. The number of aryl methyl sites for hydroxylation is 2. The van der Waals surface area contributed by atoms with E-state index in [0.29, 0.717) is 12.6 Å². The molecule has 0 aliphatic heterocycles. The lowest BCUT2D eigenvalue weighted by Crippen LogP contribution is -2.26. The third-order valence-electron chi connectivity index (χ3n) is 2.91. The lowest BCUT2D eigenvalue weighted by atomic mass is 10.2. The molecule has 84 valence electrons. The molecule has 0 aromatic carbocycles. The summed E-state index contributed by atoms with van der Waals surface area (Å²) in [5, 5.41) is 12.6. The molecule has 2 nitrogen and oxygen atoms in total. The van der Waals surface area contributed by atoms with E-state index >= 15 is 0 Å². The largest absolute Gasteiger partial charge is 0.392 e. The van der Waals surface area contributed by atoms with E-state index in [-0.39, 0.29) is 6.10 Å². The molecular weight excluding hydrogens is 206 g/mol. The number of rotatable bonds is 4. The van der Waals surface area contributed by atoms with Gasteiger partial charge in [-0.1, -0.05) is 0 Å². The van der Waals surface area contributed by atoms with Gasteiger partial charge in [0.15, 0.2) is 0 Å². The predicted molar refractivity (Wildman–Crippen MR) is 64.4 cm³/mol. The van der Waals surface area contributed by atoms with Gasteiger partial charge in [0.1, 0.15) is 0 Å². The molecule has 1 aliphatic carbocycles. The number of thiophene rings is 1. The van der Waals surface area contributed by atoms with Gasteiger partial charge < -0.3 is 10.4 Å². The fraction of sp³-hybridized carbons (Fsp3) is 0.667. The van der Waals surface area contributed by atoms with Crippen LogP contribution >= 0.6 is 11.3 Å². The summed E-state index contributed by atoms with van der Waals surface area (Å²) in [7, 11) is 0. The Morgan fingerprint density at radius 1 is 1.47 bits per heavy atom. The summed E-state index contributed by atoms with van der Waals surface area (Å²) in [4.78, 5) is 3.00. The summed E-state index contributed by atoms with van der Waals surface area (Å²) in [6.45, 7) is 4.65. The van der Waals surface area contributed by atoms with Crippen LogP contribution < -0.4 is 5.32 Å². The zero-order valence-corrected chi connectivity index (χ0v) is 10.2. The van der Waals surface area contributed by atoms with Crippen molar-refractivity contribution in [1.29, 1.82) is 0 Å². The summed E-state index contributed by atoms with van der Waals surface area (Å²) in [5.41, 5.74) is 1.56. The summed E-state index contributed by atoms with van der Waals surface area (Å²) in [6, 6.07) is 2.71. The average molecular weight is 225 g/mol. The fourth-order valence-electron chi connectivity index (χ4n) is 2.01. The molecule has 0 bridgehead atoms. The first-order valence-electron chi connectivity index (χ1n) is 5.69. The molecule has 2 atom stereocenters. The molecule has 3 heteroatoms. The Morgan fingerprint density at radius 2 is 2.27 bits per heavy atom. The molecule has 15 heavy (non-hydrogen) atoms. The lowest BCUT2D eigenvalue weighted by Gasteiger charge is -2.13. The molecule has 0 fully saturated rings. The molecule has 1 aromatic heterocycles. The van der Waals surface area contributed by atoms with Gasteiger partial charge in [0.2, 0.25) is 0 Å². The fourth-order valence-corrected chi connectivity index (χ4v) is 3.30. The third-order valence-corrected chi connectivity index (χ3v) is 4.33. The highest BCUT2D eigenvalue weighted by Crippen LogP contribution is 2.33. The standard InChI is InChI=1S/C12H19NOS/c1-8(14)7-13-9(2)12-6-10-4-3-5-11(10)15-12/h6,8-9,13-14H,3-5,7H2,1-2H3/t8-,9?/m0/s1. The second-order valence-corrected chi connectivity index (χ2v) is 5.60. The highest BCUT2D eigenvalue weighted by Gasteiger charge is 2.17. The Bertz CT molecular complexity index is 311. The van der Waals surface area contributed by atoms with Crippen LogP contribution in [-0.2, 0) is 12.8 Å². The molecule has 1 aliphatic rings. The highest BCUT2D eigenvalue weighted by molar-refractivity contribution is 7.12. The monoisotopic (exact) mass is 225 g/mol. The Morgan fingerprint density at radius 3 is 2.93 bits per heavy atom. The van der Waals surface area contributed by atoms with Gasteiger partial charge in [0, 0.05) is 22.3 Å². The van der Waals surface area contributed by atoms with Crippen molar-refractivity contribution in [3.05, 3.63) is 21.4 Å². The van der Waals surface area contributed by atoms with E-state index in [1.54, 1.807) is 10.4 Å². The summed E-state index contributed by atoms with van der Waals surface area (Å²) in [6.07, 6.45) is 3.59. The van der Waals surface area contributed by atoms with Gasteiger partial charge in [0.05, 0.1) is 6.10 Å². The van der Waals surface area contributed by atoms with E-state index in [0.717, 1.165) is 0 Å². The molecule has 1 unspecified atom stereocenters. The minimum atomic E-state index is -0.265. The first-order chi connectivity index (χ1) is 7.16. The Balaban J connectivity index is 1.97. The molecule has 1 heterocycles. The lowest BCUT2D eigenvalue weighted by molar-refractivity contribution is 0.187. The van der Waals surface area contributed by atoms with Gasteiger partial charge in [-0.15, -0.1) is 11.3 Å². The summed E-state index contributed by atoms with van der Waals surface area (Å²) in [5.74, 6) is 0. The van der Waals surface area contributed by atoms with Crippen LogP contribution in [0.3, 0.4) is 0 Å². The van der Waals surface area contributed by atoms with Crippen LogP contribution in [0.2, 0.25) is 0 Å². The van der Waals surface area contributed by atoms with Gasteiger partial charge in [-0.3, -0.25) is 0 Å². The van der Waals surface area contributed by atoms with E-state index in [1.165, 1.54) is 24.1 Å². The molecule has 2 rings (SSSR count). The quantitative estimate of drug-likeness (QED) is 0.824. The minimum Gasteiger partial charge on any atom is -0.392 e. The van der Waals surface area contributed by atoms with Crippen LogP contribution in [0.25, 0.3) is 0 Å². The maximum Gasteiger partial charge on any atom is 0.0636 e. The van der Waals surface area contributed by atoms with Gasteiger partial charge >= 0.3 is 0 Å². The van der Waals surface area contributed by atoms with Crippen molar-refractivity contribution in [1.82, 2.24) is 5.32 Å². The average Bonchev–Trinajstić information content (AvgIpc) is 2.72. The number of fused-ring (bicyclic) bond motifs is 1. The molecule has 0 spiro atoms. The topological polar surface area (TPSA) is 32.3 Å². The van der Waals surface area contributed by atoms with Gasteiger partial charge in [-0.05, 0) is 44.7 Å². The third kappa shape index (κ3) is 2.60. The minimum absolute atomic E-state index is 0.265. The second-order valence-electron chi connectivity index (χ2n) is 4.43. The molecule has 0 saturated carbocycles. The van der Waals surface area contributed by atoms with Crippen LogP contribution in [-0.4, -0.2) is 17.8 Å². The van der Waals surface area contributed by atoms with Crippen LogP contribution in [0.1, 0.15) is 41.6 Å². The van der Waals surface area contributed by atoms with Crippen molar-refractivity contribution in [3.8, 4) is 0 Å². The molecule has 0 radical (unpaired) electrons. The smallest absolute Gasteiger partial charge is 0.0636 e. The number of aliphatic hydroxyl groups is 1. The zero-order chi connectivity index (χ0) is 10.8. The van der Waals surface area contributed by atoms with Crippen LogP contribution in [0.15, 0.2) is 6.07 Å². The van der Waals surface area contributed by atoms with Crippen molar-refractivity contribution in [2.24, 2.45) is 0 Å². The van der Waals surface area contributed by atoms with Crippen molar-refractivity contribution in [2.45, 2.75) is 45.3 Å². The van der Waals surface area contributed by atoms with E-state index < -0.39 is 0 Å². The molecule has 0 saturated heterocycles. The van der Waals surface area contributed by atoms with E-state index in [4.69, 9.17) is 0 Å². The SMILES string of the molecule is CC(NC[C@H](C)O)c1cc2c(s1)CCC2. The molecular formula is C12H19NOS. The van der Waals surface area contributed by atoms with Crippen molar-refractivity contribution < 1.29 is 5.11 Å². The van der Waals surface area contributed by atoms with E-state index in [2.05, 4.69) is 18.3 Å². The van der Waals surface area contributed by atoms with Gasteiger partial charge in [-0.2, -0.15) is 0 Å². The first kappa shape index (κ1) is 11.1.